The molecule has 0 aliphatic heterocycles. The highest BCUT2D eigenvalue weighted by atomic mass is 19.1. The number of pyridine rings is 1. The molecule has 0 bridgehead atoms. The average molecular weight is 334 g/mol. The number of methoxy groups -OCH3 is 1. The fraction of sp³-hybridized carbons (Fsp3) is 0.105. The van der Waals surface area contributed by atoms with E-state index in [-0.39, 0.29) is 16.8 Å². The van der Waals surface area contributed by atoms with Crippen LogP contribution in [-0.4, -0.2) is 24.9 Å². The maximum Gasteiger partial charge on any atom is 0.133 e. The summed E-state index contributed by atoms with van der Waals surface area (Å²) in [6.45, 7) is 0. The molecule has 0 atom stereocenters. The molecule has 1 heterocycles. The third-order valence-corrected chi connectivity index (χ3v) is 3.96. The first-order chi connectivity index (χ1) is 12.1. The summed E-state index contributed by atoms with van der Waals surface area (Å²) >= 11 is 0. The van der Waals surface area contributed by atoms with Crippen LogP contribution in [0.2, 0.25) is 0 Å². The van der Waals surface area contributed by atoms with Crippen molar-refractivity contribution in [3.63, 3.8) is 0 Å². The summed E-state index contributed by atoms with van der Waals surface area (Å²) in [4.78, 5) is 4.36. The van der Waals surface area contributed by atoms with Gasteiger partial charge in [0.25, 0.3) is 0 Å². The minimum Gasteiger partial charge on any atom is -0.497 e. The molecule has 2 N–H and O–H groups in total. The zero-order chi connectivity index (χ0) is 18.0. The van der Waals surface area contributed by atoms with E-state index in [1.54, 1.807) is 38.6 Å². The molecule has 124 valence electrons. The molecule has 0 amide bonds. The standard InChI is InChI=1S/C19H15FN4O/c1-23-17-10-24-16-6-4-12(25-2)8-14(16)18(17)19(22)13-5-3-11(9-21)7-15(13)20/h3-8,10,22-23H,1-2H3. The molecule has 0 radical (unpaired) electrons. The quantitative estimate of drug-likeness (QED) is 0.713. The predicted octanol–water partition coefficient (Wildman–Crippen LogP) is 3.71. The van der Waals surface area contributed by atoms with Gasteiger partial charge in [-0.3, -0.25) is 10.4 Å². The van der Waals surface area contributed by atoms with Crippen LogP contribution in [0.3, 0.4) is 0 Å². The molecule has 2 aromatic carbocycles. The van der Waals surface area contributed by atoms with Crippen LogP contribution >= 0.6 is 0 Å². The van der Waals surface area contributed by atoms with E-state index in [4.69, 9.17) is 15.4 Å². The zero-order valence-electron chi connectivity index (χ0n) is 13.7. The fourth-order valence-corrected chi connectivity index (χ4v) is 2.68. The molecule has 0 fully saturated rings. The first-order valence-electron chi connectivity index (χ1n) is 7.52. The summed E-state index contributed by atoms with van der Waals surface area (Å²) in [5.41, 5.74) is 2.14. The highest BCUT2D eigenvalue weighted by Crippen LogP contribution is 2.30. The highest BCUT2D eigenvalue weighted by molar-refractivity contribution is 6.20. The summed E-state index contributed by atoms with van der Waals surface area (Å²) in [5.74, 6) is 0.0101. The van der Waals surface area contributed by atoms with Gasteiger partial charge in [0.15, 0.2) is 0 Å². The number of hydrogen-bond acceptors (Lipinski definition) is 5. The van der Waals surface area contributed by atoms with Crippen LogP contribution in [0.1, 0.15) is 16.7 Å². The molecule has 0 unspecified atom stereocenters. The Balaban J connectivity index is 2.26. The molecule has 0 saturated heterocycles. The minimum absolute atomic E-state index is 0.00647. The van der Waals surface area contributed by atoms with Crippen molar-refractivity contribution in [2.75, 3.05) is 19.5 Å². The van der Waals surface area contributed by atoms with Gasteiger partial charge in [0.2, 0.25) is 0 Å². The number of anilines is 1. The van der Waals surface area contributed by atoms with E-state index in [1.165, 1.54) is 12.1 Å². The summed E-state index contributed by atoms with van der Waals surface area (Å²) in [6.07, 6.45) is 1.61. The number of rotatable bonds is 4. The monoisotopic (exact) mass is 334 g/mol. The summed E-state index contributed by atoms with van der Waals surface area (Å²) in [7, 11) is 3.27. The van der Waals surface area contributed by atoms with Crippen molar-refractivity contribution in [2.45, 2.75) is 0 Å². The maximum atomic E-state index is 14.4. The molecular formula is C19H15FN4O. The Morgan fingerprint density at radius 2 is 2.08 bits per heavy atom. The van der Waals surface area contributed by atoms with E-state index in [2.05, 4.69) is 10.3 Å². The van der Waals surface area contributed by atoms with Crippen LogP contribution in [0.4, 0.5) is 10.1 Å². The Kier molecular flexibility index (Phi) is 4.31. The van der Waals surface area contributed by atoms with Crippen LogP contribution in [0.5, 0.6) is 5.75 Å². The number of nitrogens with zero attached hydrogens (tertiary/aromatic N) is 2. The van der Waals surface area contributed by atoms with Crippen LogP contribution < -0.4 is 10.1 Å². The van der Waals surface area contributed by atoms with Crippen LogP contribution in [0, 0.1) is 22.6 Å². The Hall–Kier alpha value is -3.46. The third-order valence-electron chi connectivity index (χ3n) is 3.96. The molecule has 3 rings (SSSR count). The SMILES string of the molecule is CNc1cnc2ccc(OC)cc2c1C(=N)c1ccc(C#N)cc1F. The Morgan fingerprint density at radius 3 is 2.72 bits per heavy atom. The van der Waals surface area contributed by atoms with Crippen LogP contribution in [0.25, 0.3) is 10.9 Å². The molecule has 25 heavy (non-hydrogen) atoms. The van der Waals surface area contributed by atoms with E-state index in [0.717, 1.165) is 6.07 Å². The van der Waals surface area contributed by atoms with Gasteiger partial charge in [-0.15, -0.1) is 0 Å². The molecule has 0 aliphatic rings. The van der Waals surface area contributed by atoms with E-state index in [0.29, 0.717) is 27.9 Å². The largest absolute Gasteiger partial charge is 0.497 e. The molecule has 0 spiro atoms. The minimum atomic E-state index is -0.612. The molecule has 5 nitrogen and oxygen atoms in total. The van der Waals surface area contributed by atoms with E-state index < -0.39 is 5.82 Å². The number of aromatic nitrogens is 1. The van der Waals surface area contributed by atoms with Crippen molar-refractivity contribution in [3.8, 4) is 11.8 Å². The van der Waals surface area contributed by atoms with Gasteiger partial charge in [0, 0.05) is 23.6 Å². The van der Waals surface area contributed by atoms with E-state index in [9.17, 15) is 4.39 Å². The lowest BCUT2D eigenvalue weighted by Crippen LogP contribution is -2.09. The summed E-state index contributed by atoms with van der Waals surface area (Å²) in [6, 6.07) is 11.3. The lowest BCUT2D eigenvalue weighted by atomic mass is 9.96. The first kappa shape index (κ1) is 16.4. The number of nitrogens with one attached hydrogen (secondary N) is 2. The van der Waals surface area contributed by atoms with Gasteiger partial charge in [0.1, 0.15) is 11.6 Å². The molecule has 0 saturated carbocycles. The second-order valence-corrected chi connectivity index (χ2v) is 5.36. The first-order valence-corrected chi connectivity index (χ1v) is 7.52. The van der Waals surface area contributed by atoms with Gasteiger partial charge >= 0.3 is 0 Å². The van der Waals surface area contributed by atoms with Gasteiger partial charge < -0.3 is 10.1 Å². The molecule has 1 aromatic heterocycles. The number of benzene rings is 2. The zero-order valence-corrected chi connectivity index (χ0v) is 13.7. The Labute approximate surface area is 144 Å². The molecular weight excluding hydrogens is 319 g/mol. The number of ether oxygens (including phenoxy) is 1. The summed E-state index contributed by atoms with van der Waals surface area (Å²) < 4.78 is 19.7. The molecule has 3 aromatic rings. The topological polar surface area (TPSA) is 81.8 Å². The van der Waals surface area contributed by atoms with Crippen molar-refractivity contribution in [1.29, 1.82) is 10.7 Å². The van der Waals surface area contributed by atoms with E-state index >= 15 is 0 Å². The van der Waals surface area contributed by atoms with Gasteiger partial charge in [-0.2, -0.15) is 5.26 Å². The predicted molar refractivity (Wildman–Crippen MR) is 94.9 cm³/mol. The van der Waals surface area contributed by atoms with Gasteiger partial charge in [0.05, 0.1) is 41.9 Å². The number of fused-ring (bicyclic) bond motifs is 1. The highest BCUT2D eigenvalue weighted by Gasteiger charge is 2.18. The Bertz CT molecular complexity index is 1020. The van der Waals surface area contributed by atoms with Gasteiger partial charge in [-0.25, -0.2) is 4.39 Å². The van der Waals surface area contributed by atoms with Crippen molar-refractivity contribution in [2.24, 2.45) is 0 Å². The van der Waals surface area contributed by atoms with Crippen molar-refractivity contribution in [1.82, 2.24) is 4.98 Å². The number of hydrogen-bond donors (Lipinski definition) is 2. The van der Waals surface area contributed by atoms with Gasteiger partial charge in [-0.1, -0.05) is 0 Å². The maximum absolute atomic E-state index is 14.4. The van der Waals surface area contributed by atoms with Crippen molar-refractivity contribution in [3.05, 3.63) is 65.1 Å². The van der Waals surface area contributed by atoms with E-state index in [1.807, 2.05) is 6.07 Å². The number of halogens is 1. The number of nitriles is 1. The summed E-state index contributed by atoms with van der Waals surface area (Å²) in [5, 5.41) is 21.1. The second-order valence-electron chi connectivity index (χ2n) is 5.36. The molecule has 0 aliphatic carbocycles. The smallest absolute Gasteiger partial charge is 0.133 e. The van der Waals surface area contributed by atoms with Crippen molar-refractivity contribution < 1.29 is 9.13 Å². The lowest BCUT2D eigenvalue weighted by molar-refractivity contribution is 0.415. The van der Waals surface area contributed by atoms with Crippen molar-refractivity contribution >= 4 is 22.3 Å². The third kappa shape index (κ3) is 2.88. The average Bonchev–Trinajstić information content (AvgIpc) is 2.65. The second kappa shape index (κ2) is 6.57. The lowest BCUT2D eigenvalue weighted by Gasteiger charge is -2.15. The Morgan fingerprint density at radius 1 is 1.28 bits per heavy atom. The fourth-order valence-electron chi connectivity index (χ4n) is 2.68. The molecule has 6 heteroatoms. The van der Waals surface area contributed by atoms with Crippen LogP contribution in [0.15, 0.2) is 42.6 Å². The van der Waals surface area contributed by atoms with Crippen LogP contribution in [-0.2, 0) is 0 Å². The normalized spacial score (nSPS) is 10.3. The van der Waals surface area contributed by atoms with Gasteiger partial charge in [-0.05, 0) is 36.4 Å².